The van der Waals surface area contributed by atoms with Gasteiger partial charge in [0.15, 0.2) is 23.3 Å². The maximum atomic E-state index is 13.8. The smallest absolute Gasteiger partial charge is 0.296 e. The summed E-state index contributed by atoms with van der Waals surface area (Å²) in [5.74, 6) is -4.75. The molecule has 0 aliphatic carbocycles. The predicted molar refractivity (Wildman–Crippen MR) is 68.7 cm³/mol. The predicted octanol–water partition coefficient (Wildman–Crippen LogP) is 2.70. The highest BCUT2D eigenvalue weighted by Gasteiger charge is 2.25. The van der Waals surface area contributed by atoms with E-state index in [2.05, 4.69) is 10.2 Å². The molecule has 1 heterocycles. The van der Waals surface area contributed by atoms with Crippen LogP contribution in [0.25, 0.3) is 11.4 Å². The van der Waals surface area contributed by atoms with Gasteiger partial charge in [-0.1, -0.05) is 6.92 Å². The molecule has 0 bridgehead atoms. The largest absolute Gasteiger partial charge is 0.297 e. The summed E-state index contributed by atoms with van der Waals surface area (Å²) in [5.41, 5.74) is -0.401. The average molecular weight is 340 g/mol. The maximum absolute atomic E-state index is 13.8. The fourth-order valence-electron chi connectivity index (χ4n) is 1.79. The molecule has 10 heteroatoms. The highest BCUT2D eigenvalue weighted by molar-refractivity contribution is 8.13. The van der Waals surface area contributed by atoms with Crippen LogP contribution in [0.1, 0.15) is 13.3 Å². The van der Waals surface area contributed by atoms with Gasteiger partial charge >= 0.3 is 0 Å². The SMILES string of the molecule is CCCn1c(-c2ccc(F)c(F)c2F)nnc1S(=O)(=O)Cl. The van der Waals surface area contributed by atoms with Crippen LogP contribution in [0, 0.1) is 17.5 Å². The lowest BCUT2D eigenvalue weighted by atomic mass is 10.2. The first-order chi connectivity index (χ1) is 9.77. The van der Waals surface area contributed by atoms with Gasteiger partial charge in [0.2, 0.25) is 0 Å². The van der Waals surface area contributed by atoms with Crippen LogP contribution in [0.5, 0.6) is 0 Å². The van der Waals surface area contributed by atoms with Crippen molar-refractivity contribution in [1.29, 1.82) is 0 Å². The molecule has 0 aliphatic heterocycles. The second kappa shape index (κ2) is 5.64. The van der Waals surface area contributed by atoms with E-state index >= 15 is 0 Å². The lowest BCUT2D eigenvalue weighted by Crippen LogP contribution is -2.08. The zero-order chi connectivity index (χ0) is 15.8. The van der Waals surface area contributed by atoms with E-state index in [9.17, 15) is 21.6 Å². The average Bonchev–Trinajstić information content (AvgIpc) is 2.80. The molecular formula is C11H9ClF3N3O2S. The van der Waals surface area contributed by atoms with Crippen LogP contribution in [0.15, 0.2) is 17.3 Å². The van der Waals surface area contributed by atoms with Crippen molar-refractivity contribution in [2.24, 2.45) is 0 Å². The molecule has 0 spiro atoms. The number of rotatable bonds is 4. The van der Waals surface area contributed by atoms with Crippen molar-refractivity contribution >= 4 is 19.7 Å². The molecule has 0 unspecified atom stereocenters. The first kappa shape index (κ1) is 15.8. The molecular weight excluding hydrogens is 331 g/mol. The summed E-state index contributed by atoms with van der Waals surface area (Å²) in [4.78, 5) is 0. The summed E-state index contributed by atoms with van der Waals surface area (Å²) in [6, 6.07) is 1.67. The Bertz CT molecular complexity index is 792. The first-order valence-electron chi connectivity index (χ1n) is 5.79. The van der Waals surface area contributed by atoms with Gasteiger partial charge in [0.1, 0.15) is 0 Å². The Labute approximate surface area is 122 Å². The first-order valence-corrected chi connectivity index (χ1v) is 8.10. The van der Waals surface area contributed by atoms with E-state index in [0.29, 0.717) is 12.5 Å². The standard InChI is InChI=1S/C11H9ClF3N3O2S/c1-2-5-18-10(16-17-11(18)21(12,19)20)6-3-4-7(13)9(15)8(6)14/h3-4H,2,5H2,1H3. The van der Waals surface area contributed by atoms with E-state index in [4.69, 9.17) is 10.7 Å². The van der Waals surface area contributed by atoms with Gasteiger partial charge in [-0.3, -0.25) is 4.57 Å². The second-order valence-corrected chi connectivity index (χ2v) is 6.58. The second-order valence-electron chi connectivity index (χ2n) is 4.12. The Kier molecular flexibility index (Phi) is 4.24. The van der Waals surface area contributed by atoms with E-state index < -0.39 is 37.2 Å². The molecule has 0 radical (unpaired) electrons. The van der Waals surface area contributed by atoms with Crippen LogP contribution in [-0.2, 0) is 15.6 Å². The Hall–Kier alpha value is -1.61. The molecule has 0 atom stereocenters. The molecule has 2 aromatic rings. The zero-order valence-corrected chi connectivity index (χ0v) is 12.2. The maximum Gasteiger partial charge on any atom is 0.296 e. The highest BCUT2D eigenvalue weighted by atomic mass is 35.7. The van der Waals surface area contributed by atoms with E-state index in [-0.39, 0.29) is 12.4 Å². The van der Waals surface area contributed by atoms with Gasteiger partial charge in [-0.2, -0.15) is 0 Å². The third kappa shape index (κ3) is 2.88. The summed E-state index contributed by atoms with van der Waals surface area (Å²) < 4.78 is 63.8. The molecule has 1 aromatic heterocycles. The normalized spacial score (nSPS) is 11.9. The van der Waals surface area contributed by atoms with Crippen LogP contribution in [0.4, 0.5) is 13.2 Å². The molecule has 114 valence electrons. The summed E-state index contributed by atoms with van der Waals surface area (Å²) in [7, 11) is 1.01. The fraction of sp³-hybridized carbons (Fsp3) is 0.273. The minimum Gasteiger partial charge on any atom is -0.297 e. The van der Waals surface area contributed by atoms with E-state index in [1.165, 1.54) is 0 Å². The molecule has 0 aliphatic rings. The number of benzene rings is 1. The van der Waals surface area contributed by atoms with Gasteiger partial charge in [-0.25, -0.2) is 21.6 Å². The van der Waals surface area contributed by atoms with E-state index in [1.54, 1.807) is 6.92 Å². The van der Waals surface area contributed by atoms with Gasteiger partial charge in [0, 0.05) is 17.2 Å². The van der Waals surface area contributed by atoms with Crippen LogP contribution >= 0.6 is 10.7 Å². The van der Waals surface area contributed by atoms with Crippen molar-refractivity contribution in [3.8, 4) is 11.4 Å². The van der Waals surface area contributed by atoms with Crippen molar-refractivity contribution in [2.75, 3.05) is 0 Å². The lowest BCUT2D eigenvalue weighted by Gasteiger charge is -2.08. The Morgan fingerprint density at radius 2 is 1.86 bits per heavy atom. The number of hydrogen-bond acceptors (Lipinski definition) is 4. The third-order valence-electron chi connectivity index (χ3n) is 2.66. The Morgan fingerprint density at radius 3 is 2.43 bits per heavy atom. The van der Waals surface area contributed by atoms with Gasteiger partial charge < -0.3 is 0 Å². The van der Waals surface area contributed by atoms with Crippen LogP contribution in [-0.4, -0.2) is 23.2 Å². The fourth-order valence-corrected chi connectivity index (χ4v) is 2.71. The number of halogens is 4. The molecule has 2 rings (SSSR count). The molecule has 21 heavy (non-hydrogen) atoms. The molecule has 0 fully saturated rings. The molecule has 0 saturated carbocycles. The van der Waals surface area contributed by atoms with E-state index in [1.807, 2.05) is 0 Å². The number of aromatic nitrogens is 3. The topological polar surface area (TPSA) is 64.8 Å². The van der Waals surface area contributed by atoms with E-state index in [0.717, 1.165) is 10.6 Å². The summed E-state index contributed by atoms with van der Waals surface area (Å²) in [6.07, 6.45) is 0.468. The highest BCUT2D eigenvalue weighted by Crippen LogP contribution is 2.27. The van der Waals surface area contributed by atoms with Crippen molar-refractivity contribution < 1.29 is 21.6 Å². The minimum atomic E-state index is -4.20. The monoisotopic (exact) mass is 339 g/mol. The Balaban J connectivity index is 2.71. The van der Waals surface area contributed by atoms with Crippen LogP contribution in [0.2, 0.25) is 0 Å². The van der Waals surface area contributed by atoms with Gasteiger partial charge in [0.05, 0.1) is 5.56 Å². The third-order valence-corrected chi connectivity index (χ3v) is 3.81. The molecule has 0 amide bonds. The Morgan fingerprint density at radius 1 is 1.19 bits per heavy atom. The quantitative estimate of drug-likeness (QED) is 0.634. The number of nitrogens with zero attached hydrogens (tertiary/aromatic N) is 3. The van der Waals surface area contributed by atoms with Gasteiger partial charge in [-0.15, -0.1) is 10.2 Å². The van der Waals surface area contributed by atoms with Crippen molar-refractivity contribution in [1.82, 2.24) is 14.8 Å². The van der Waals surface area contributed by atoms with Gasteiger partial charge in [-0.05, 0) is 18.6 Å². The molecule has 0 saturated heterocycles. The molecule has 1 aromatic carbocycles. The molecule has 0 N–H and O–H groups in total. The zero-order valence-electron chi connectivity index (χ0n) is 10.6. The van der Waals surface area contributed by atoms with Crippen LogP contribution in [0.3, 0.4) is 0 Å². The minimum absolute atomic E-state index is 0.113. The summed E-state index contributed by atoms with van der Waals surface area (Å²) >= 11 is 0. The molecule has 5 nitrogen and oxygen atoms in total. The van der Waals surface area contributed by atoms with Crippen molar-refractivity contribution in [3.63, 3.8) is 0 Å². The summed E-state index contributed by atoms with van der Waals surface area (Å²) in [5, 5.41) is 6.33. The summed E-state index contributed by atoms with van der Waals surface area (Å²) in [6.45, 7) is 1.85. The van der Waals surface area contributed by atoms with Crippen molar-refractivity contribution in [2.45, 2.75) is 25.0 Å². The van der Waals surface area contributed by atoms with Crippen LogP contribution < -0.4 is 0 Å². The van der Waals surface area contributed by atoms with Gasteiger partial charge in [0.25, 0.3) is 14.2 Å². The van der Waals surface area contributed by atoms with Crippen molar-refractivity contribution in [3.05, 3.63) is 29.6 Å². The number of hydrogen-bond donors (Lipinski definition) is 0. The lowest BCUT2D eigenvalue weighted by molar-refractivity contribution is 0.448.